The molecule has 8 heteroatoms. The van der Waals surface area contributed by atoms with Crippen LogP contribution in [0.5, 0.6) is 5.75 Å². The van der Waals surface area contributed by atoms with Gasteiger partial charge >= 0.3 is 0 Å². The molecule has 148 valence electrons. The summed E-state index contributed by atoms with van der Waals surface area (Å²) in [5.41, 5.74) is 2.17. The maximum absolute atomic E-state index is 13.0. The van der Waals surface area contributed by atoms with Crippen molar-refractivity contribution in [1.29, 1.82) is 5.26 Å². The van der Waals surface area contributed by atoms with Gasteiger partial charge in [0.1, 0.15) is 5.75 Å². The molecular weight excluding hydrogens is 429 g/mol. The molecule has 1 atom stereocenters. The number of methoxy groups -OCH3 is 1. The Hall–Kier alpha value is -2.33. The zero-order valence-corrected chi connectivity index (χ0v) is 17.9. The van der Waals surface area contributed by atoms with Gasteiger partial charge in [-0.2, -0.15) is 5.26 Å². The monoisotopic (exact) mass is 445 g/mol. The van der Waals surface area contributed by atoms with Crippen LogP contribution in [0.3, 0.4) is 0 Å². The first-order valence-corrected chi connectivity index (χ1v) is 10.7. The highest BCUT2D eigenvalue weighted by molar-refractivity contribution is 8.03. The molecule has 1 fully saturated rings. The molecule has 2 aliphatic rings. The van der Waals surface area contributed by atoms with Crippen molar-refractivity contribution in [2.75, 3.05) is 24.6 Å². The highest BCUT2D eigenvalue weighted by atomic mass is 35.5. The second kappa shape index (κ2) is 8.19. The van der Waals surface area contributed by atoms with Crippen LogP contribution in [-0.2, 0) is 4.79 Å². The lowest BCUT2D eigenvalue weighted by molar-refractivity contribution is -0.129. The fourth-order valence-corrected chi connectivity index (χ4v) is 5.44. The second-order valence-electron chi connectivity index (χ2n) is 6.70. The standard InChI is InChI=1S/C21H17Cl2N3O2S/c1-28-14-7-5-13(6-8-14)25-11-26-19(27)9-15(16(10-24)21(26)29-12-25)20-17(22)3-2-4-18(20)23/h2-8,15H,9,11-12H2,1H3/t15-/m0/s1. The van der Waals surface area contributed by atoms with E-state index in [9.17, 15) is 10.1 Å². The van der Waals surface area contributed by atoms with Gasteiger partial charge in [0, 0.05) is 28.1 Å². The molecule has 2 aliphatic heterocycles. The van der Waals surface area contributed by atoms with Crippen molar-refractivity contribution >= 4 is 46.6 Å². The molecule has 1 saturated heterocycles. The molecule has 2 heterocycles. The number of anilines is 1. The zero-order chi connectivity index (χ0) is 20.5. The lowest BCUT2D eigenvalue weighted by Crippen LogP contribution is -2.47. The summed E-state index contributed by atoms with van der Waals surface area (Å²) in [5, 5.41) is 11.5. The van der Waals surface area contributed by atoms with Gasteiger partial charge in [0.25, 0.3) is 0 Å². The molecule has 0 saturated carbocycles. The van der Waals surface area contributed by atoms with Gasteiger partial charge in [-0.05, 0) is 42.0 Å². The Morgan fingerprint density at radius 1 is 1.17 bits per heavy atom. The minimum atomic E-state index is -0.431. The molecule has 0 aromatic heterocycles. The first kappa shape index (κ1) is 20.0. The molecule has 29 heavy (non-hydrogen) atoms. The molecule has 5 nitrogen and oxygen atoms in total. The van der Waals surface area contributed by atoms with Crippen molar-refractivity contribution in [2.24, 2.45) is 0 Å². The summed E-state index contributed by atoms with van der Waals surface area (Å²) in [6.45, 7) is 0.391. The number of nitrogens with zero attached hydrogens (tertiary/aromatic N) is 3. The molecule has 0 aliphatic carbocycles. The van der Waals surface area contributed by atoms with Gasteiger partial charge in [0.15, 0.2) is 0 Å². The maximum atomic E-state index is 13.0. The predicted octanol–water partition coefficient (Wildman–Crippen LogP) is 5.22. The lowest BCUT2D eigenvalue weighted by Gasteiger charge is -2.42. The van der Waals surface area contributed by atoms with E-state index < -0.39 is 5.92 Å². The van der Waals surface area contributed by atoms with E-state index in [0.717, 1.165) is 11.4 Å². The SMILES string of the molecule is COc1ccc(N2CSC3=C(C#N)[C@@H](c4c(Cl)cccc4Cl)CC(=O)N3C2)cc1. The van der Waals surface area contributed by atoms with Crippen LogP contribution in [0.2, 0.25) is 10.0 Å². The summed E-state index contributed by atoms with van der Waals surface area (Å²) in [7, 11) is 1.63. The first-order chi connectivity index (χ1) is 14.0. The van der Waals surface area contributed by atoms with E-state index in [-0.39, 0.29) is 12.3 Å². The Morgan fingerprint density at radius 3 is 2.48 bits per heavy atom. The Labute approximate surface area is 183 Å². The van der Waals surface area contributed by atoms with Crippen LogP contribution < -0.4 is 9.64 Å². The highest BCUT2D eigenvalue weighted by Crippen LogP contribution is 2.46. The Balaban J connectivity index is 1.67. The average Bonchev–Trinajstić information content (AvgIpc) is 2.74. The minimum Gasteiger partial charge on any atom is -0.497 e. The number of carbonyl (C=O) groups excluding carboxylic acids is 1. The van der Waals surface area contributed by atoms with Gasteiger partial charge in [-0.1, -0.05) is 41.0 Å². The number of nitriles is 1. The fourth-order valence-electron chi connectivity index (χ4n) is 3.61. The average molecular weight is 446 g/mol. The quantitative estimate of drug-likeness (QED) is 0.647. The number of carbonyl (C=O) groups is 1. The lowest BCUT2D eigenvalue weighted by atomic mass is 9.86. The Bertz CT molecular complexity index is 1010. The Kier molecular flexibility index (Phi) is 5.64. The van der Waals surface area contributed by atoms with Crippen molar-refractivity contribution < 1.29 is 9.53 Å². The van der Waals surface area contributed by atoms with Crippen LogP contribution >= 0.6 is 35.0 Å². The molecule has 4 rings (SSSR count). The predicted molar refractivity (Wildman–Crippen MR) is 116 cm³/mol. The van der Waals surface area contributed by atoms with Crippen LogP contribution in [0.1, 0.15) is 17.9 Å². The van der Waals surface area contributed by atoms with E-state index >= 15 is 0 Å². The van der Waals surface area contributed by atoms with Crippen LogP contribution in [0.4, 0.5) is 5.69 Å². The van der Waals surface area contributed by atoms with Crippen molar-refractivity contribution in [3.63, 3.8) is 0 Å². The van der Waals surface area contributed by atoms with E-state index in [4.69, 9.17) is 27.9 Å². The van der Waals surface area contributed by atoms with Crippen molar-refractivity contribution in [2.45, 2.75) is 12.3 Å². The number of hydrogen-bond acceptors (Lipinski definition) is 5. The van der Waals surface area contributed by atoms with Gasteiger partial charge in [-0.15, -0.1) is 0 Å². The van der Waals surface area contributed by atoms with Crippen LogP contribution in [0, 0.1) is 11.3 Å². The topological polar surface area (TPSA) is 56.6 Å². The largest absolute Gasteiger partial charge is 0.497 e. The number of ether oxygens (including phenoxy) is 1. The number of allylic oxidation sites excluding steroid dienone is 1. The normalized spacial score (nSPS) is 19.1. The molecular formula is C21H17Cl2N3O2S. The summed E-state index contributed by atoms with van der Waals surface area (Å²) >= 11 is 14.2. The van der Waals surface area contributed by atoms with E-state index in [1.807, 2.05) is 24.3 Å². The smallest absolute Gasteiger partial charge is 0.229 e. The summed E-state index contributed by atoms with van der Waals surface area (Å²) in [5.74, 6) is 0.921. The molecule has 2 aromatic carbocycles. The van der Waals surface area contributed by atoms with E-state index in [0.29, 0.717) is 38.8 Å². The third-order valence-electron chi connectivity index (χ3n) is 5.08. The van der Waals surface area contributed by atoms with Gasteiger partial charge < -0.3 is 9.64 Å². The van der Waals surface area contributed by atoms with Gasteiger partial charge in [-0.3, -0.25) is 9.69 Å². The van der Waals surface area contributed by atoms with Crippen molar-refractivity contribution in [3.05, 3.63) is 68.7 Å². The van der Waals surface area contributed by atoms with E-state index in [2.05, 4.69) is 11.0 Å². The van der Waals surface area contributed by atoms with Crippen LogP contribution in [-0.4, -0.2) is 30.5 Å². The second-order valence-corrected chi connectivity index (χ2v) is 8.45. The van der Waals surface area contributed by atoms with Crippen LogP contribution in [0.25, 0.3) is 0 Å². The maximum Gasteiger partial charge on any atom is 0.229 e. The molecule has 0 spiro atoms. The number of amides is 1. The number of rotatable bonds is 3. The summed E-state index contributed by atoms with van der Waals surface area (Å²) < 4.78 is 5.21. The van der Waals surface area contributed by atoms with Gasteiger partial charge in [-0.25, -0.2) is 0 Å². The van der Waals surface area contributed by atoms with Crippen LogP contribution in [0.15, 0.2) is 53.1 Å². The molecule has 0 radical (unpaired) electrons. The first-order valence-electron chi connectivity index (χ1n) is 8.93. The highest BCUT2D eigenvalue weighted by Gasteiger charge is 2.39. The zero-order valence-electron chi connectivity index (χ0n) is 15.6. The molecule has 2 aromatic rings. The van der Waals surface area contributed by atoms with Gasteiger partial charge in [0.2, 0.25) is 5.91 Å². The minimum absolute atomic E-state index is 0.0503. The number of hydrogen-bond donors (Lipinski definition) is 0. The molecule has 1 amide bonds. The number of thioether (sulfide) groups is 1. The molecule has 0 N–H and O–H groups in total. The summed E-state index contributed by atoms with van der Waals surface area (Å²) in [4.78, 5) is 16.8. The summed E-state index contributed by atoms with van der Waals surface area (Å²) in [6, 6.07) is 15.2. The number of halogens is 2. The summed E-state index contributed by atoms with van der Waals surface area (Å²) in [6.07, 6.45) is 0.160. The fraction of sp³-hybridized carbons (Fsp3) is 0.238. The van der Waals surface area contributed by atoms with Gasteiger partial charge in [0.05, 0.1) is 36.3 Å². The molecule has 0 bridgehead atoms. The van der Waals surface area contributed by atoms with Crippen molar-refractivity contribution in [1.82, 2.24) is 4.90 Å². The van der Waals surface area contributed by atoms with E-state index in [1.165, 1.54) is 11.8 Å². The van der Waals surface area contributed by atoms with Crippen molar-refractivity contribution in [3.8, 4) is 11.8 Å². The van der Waals surface area contributed by atoms with E-state index in [1.54, 1.807) is 30.2 Å². The molecule has 0 unspecified atom stereocenters. The Morgan fingerprint density at radius 2 is 1.86 bits per heavy atom. The third-order valence-corrected chi connectivity index (χ3v) is 6.89. The number of benzene rings is 2. The number of fused-ring (bicyclic) bond motifs is 1. The third kappa shape index (κ3) is 3.66.